The molecule has 3 heterocycles. The number of rotatable bonds is 7. The van der Waals surface area contributed by atoms with Crippen molar-refractivity contribution in [2.75, 3.05) is 39.3 Å². The van der Waals surface area contributed by atoms with E-state index in [-0.39, 0.29) is 11.4 Å². The number of H-pyrrole nitrogens is 1. The van der Waals surface area contributed by atoms with Crippen molar-refractivity contribution in [3.05, 3.63) is 82.0 Å². The van der Waals surface area contributed by atoms with Crippen LogP contribution in [0.2, 0.25) is 0 Å². The topological polar surface area (TPSA) is 61.5 Å². The minimum Gasteiger partial charge on any atom is -0.492 e. The van der Waals surface area contributed by atoms with E-state index < -0.39 is 0 Å². The van der Waals surface area contributed by atoms with E-state index in [0.29, 0.717) is 29.2 Å². The van der Waals surface area contributed by atoms with E-state index in [1.165, 1.54) is 23.5 Å². The highest BCUT2D eigenvalue weighted by molar-refractivity contribution is 7.17. The molecule has 0 bridgehead atoms. The van der Waals surface area contributed by atoms with Crippen LogP contribution in [0.5, 0.6) is 5.75 Å². The summed E-state index contributed by atoms with van der Waals surface area (Å²) in [6, 6.07) is 16.1. The van der Waals surface area contributed by atoms with Crippen LogP contribution in [-0.4, -0.2) is 59.1 Å². The Morgan fingerprint density at radius 3 is 2.48 bits per heavy atom. The number of thiophene rings is 1. The summed E-state index contributed by atoms with van der Waals surface area (Å²) in [6.07, 6.45) is 0. The first-order valence-electron chi connectivity index (χ1n) is 11.0. The predicted octanol–water partition coefficient (Wildman–Crippen LogP) is 3.99. The number of benzene rings is 2. The molecule has 6 nitrogen and oxygen atoms in total. The van der Waals surface area contributed by atoms with Gasteiger partial charge < -0.3 is 9.72 Å². The van der Waals surface area contributed by atoms with Crippen LogP contribution in [0.4, 0.5) is 4.39 Å². The van der Waals surface area contributed by atoms with E-state index in [1.54, 1.807) is 12.1 Å². The first-order valence-corrected chi connectivity index (χ1v) is 11.9. The van der Waals surface area contributed by atoms with Crippen molar-refractivity contribution in [3.8, 4) is 16.9 Å². The number of fused-ring (bicyclic) bond motifs is 1. The van der Waals surface area contributed by atoms with Gasteiger partial charge in [0.15, 0.2) is 0 Å². The molecule has 2 aromatic carbocycles. The Balaban J connectivity index is 1.18. The first-order chi connectivity index (χ1) is 16.2. The number of nitrogens with zero attached hydrogens (tertiary/aromatic N) is 3. The fourth-order valence-electron chi connectivity index (χ4n) is 4.10. The van der Waals surface area contributed by atoms with Gasteiger partial charge in [0.05, 0.1) is 11.9 Å². The standard InChI is InChI=1S/C25H25FN4O2S/c26-19-8-6-18(7-9-19)21-17-33-25-23(21)24(31)27-22(28-25)16-30-12-10-29(11-13-30)14-15-32-20-4-2-1-3-5-20/h1-9,17H,10-16H2,(H,27,28,31). The summed E-state index contributed by atoms with van der Waals surface area (Å²) in [5.74, 6) is 1.29. The molecule has 4 aromatic rings. The summed E-state index contributed by atoms with van der Waals surface area (Å²) in [7, 11) is 0. The molecule has 1 aliphatic heterocycles. The quantitative estimate of drug-likeness (QED) is 0.448. The average Bonchev–Trinajstić information content (AvgIpc) is 3.26. The molecule has 1 fully saturated rings. The van der Waals surface area contributed by atoms with Crippen molar-refractivity contribution in [2.45, 2.75) is 6.54 Å². The summed E-state index contributed by atoms with van der Waals surface area (Å²) >= 11 is 1.45. The summed E-state index contributed by atoms with van der Waals surface area (Å²) in [4.78, 5) is 25.9. The van der Waals surface area contributed by atoms with E-state index in [1.807, 2.05) is 35.7 Å². The Hall–Kier alpha value is -3.07. The van der Waals surface area contributed by atoms with Gasteiger partial charge in [-0.3, -0.25) is 14.6 Å². The maximum Gasteiger partial charge on any atom is 0.260 e. The van der Waals surface area contributed by atoms with Gasteiger partial charge in [0, 0.05) is 43.7 Å². The van der Waals surface area contributed by atoms with Gasteiger partial charge in [-0.25, -0.2) is 9.37 Å². The molecule has 170 valence electrons. The first kappa shape index (κ1) is 21.8. The minimum atomic E-state index is -0.295. The lowest BCUT2D eigenvalue weighted by Gasteiger charge is -2.34. The van der Waals surface area contributed by atoms with Crippen LogP contribution in [0, 0.1) is 5.82 Å². The Morgan fingerprint density at radius 1 is 1.00 bits per heavy atom. The van der Waals surface area contributed by atoms with Gasteiger partial charge in [-0.15, -0.1) is 11.3 Å². The van der Waals surface area contributed by atoms with Crippen molar-refractivity contribution in [1.82, 2.24) is 19.8 Å². The monoisotopic (exact) mass is 464 g/mol. The predicted molar refractivity (Wildman–Crippen MR) is 129 cm³/mol. The zero-order valence-electron chi connectivity index (χ0n) is 18.2. The average molecular weight is 465 g/mol. The number of hydrogen-bond donors (Lipinski definition) is 1. The molecule has 0 amide bonds. The van der Waals surface area contributed by atoms with Crippen molar-refractivity contribution >= 4 is 21.6 Å². The molecule has 2 aromatic heterocycles. The number of hydrogen-bond acceptors (Lipinski definition) is 6. The number of ether oxygens (including phenoxy) is 1. The van der Waals surface area contributed by atoms with Crippen LogP contribution in [0.25, 0.3) is 21.3 Å². The molecule has 0 saturated carbocycles. The lowest BCUT2D eigenvalue weighted by Crippen LogP contribution is -2.47. The smallest absolute Gasteiger partial charge is 0.260 e. The summed E-state index contributed by atoms with van der Waals surface area (Å²) in [5, 5.41) is 2.49. The molecule has 0 radical (unpaired) electrons. The van der Waals surface area contributed by atoms with Crippen LogP contribution in [0.1, 0.15) is 5.82 Å². The van der Waals surface area contributed by atoms with E-state index >= 15 is 0 Å². The van der Waals surface area contributed by atoms with Crippen LogP contribution in [0.3, 0.4) is 0 Å². The summed E-state index contributed by atoms with van der Waals surface area (Å²) < 4.78 is 19.1. The highest BCUT2D eigenvalue weighted by Crippen LogP contribution is 2.30. The van der Waals surface area contributed by atoms with Gasteiger partial charge in [0.1, 0.15) is 28.8 Å². The molecule has 1 saturated heterocycles. The van der Waals surface area contributed by atoms with Gasteiger partial charge in [-0.05, 0) is 29.8 Å². The second-order valence-electron chi connectivity index (χ2n) is 8.13. The number of aromatic amines is 1. The normalized spacial score (nSPS) is 15.2. The van der Waals surface area contributed by atoms with Gasteiger partial charge in [0.2, 0.25) is 0 Å². The third-order valence-corrected chi connectivity index (χ3v) is 6.78. The Bertz CT molecular complexity index is 1270. The Morgan fingerprint density at radius 2 is 1.73 bits per heavy atom. The SMILES string of the molecule is O=c1[nH]c(CN2CCN(CCOc3ccccc3)CC2)nc2scc(-c3ccc(F)cc3)c12. The van der Waals surface area contributed by atoms with E-state index in [9.17, 15) is 9.18 Å². The fourth-order valence-corrected chi connectivity index (χ4v) is 5.07. The molecule has 0 atom stereocenters. The fraction of sp³-hybridized carbons (Fsp3) is 0.280. The molecular formula is C25H25FN4O2S. The Labute approximate surface area is 195 Å². The summed E-state index contributed by atoms with van der Waals surface area (Å²) in [6.45, 7) is 5.92. The highest BCUT2D eigenvalue weighted by atomic mass is 32.1. The zero-order valence-corrected chi connectivity index (χ0v) is 19.0. The van der Waals surface area contributed by atoms with Crippen molar-refractivity contribution in [2.24, 2.45) is 0 Å². The third-order valence-electron chi connectivity index (χ3n) is 5.91. The maximum absolute atomic E-state index is 13.3. The molecule has 33 heavy (non-hydrogen) atoms. The number of piperazine rings is 1. The van der Waals surface area contributed by atoms with Crippen molar-refractivity contribution < 1.29 is 9.13 Å². The second kappa shape index (κ2) is 9.82. The van der Waals surface area contributed by atoms with Gasteiger partial charge in [0.25, 0.3) is 5.56 Å². The molecule has 0 unspecified atom stereocenters. The van der Waals surface area contributed by atoms with Crippen molar-refractivity contribution in [3.63, 3.8) is 0 Å². The van der Waals surface area contributed by atoms with E-state index in [2.05, 4.69) is 14.8 Å². The minimum absolute atomic E-state index is 0.146. The maximum atomic E-state index is 13.3. The highest BCUT2D eigenvalue weighted by Gasteiger charge is 2.19. The van der Waals surface area contributed by atoms with Gasteiger partial charge in [-0.2, -0.15) is 0 Å². The lowest BCUT2D eigenvalue weighted by atomic mass is 10.1. The van der Waals surface area contributed by atoms with Crippen LogP contribution in [-0.2, 0) is 6.54 Å². The van der Waals surface area contributed by atoms with Gasteiger partial charge in [-0.1, -0.05) is 30.3 Å². The number of halogens is 1. The molecule has 8 heteroatoms. The number of aromatic nitrogens is 2. The van der Waals surface area contributed by atoms with Crippen LogP contribution < -0.4 is 10.3 Å². The van der Waals surface area contributed by atoms with E-state index in [4.69, 9.17) is 9.72 Å². The zero-order chi connectivity index (χ0) is 22.6. The molecule has 1 N–H and O–H groups in total. The lowest BCUT2D eigenvalue weighted by molar-refractivity contribution is 0.111. The molecule has 5 rings (SSSR count). The number of para-hydroxylation sites is 1. The molecule has 0 aliphatic carbocycles. The molecular weight excluding hydrogens is 439 g/mol. The van der Waals surface area contributed by atoms with Crippen LogP contribution >= 0.6 is 11.3 Å². The van der Waals surface area contributed by atoms with Crippen LogP contribution in [0.15, 0.2) is 64.8 Å². The molecule has 0 spiro atoms. The Kier molecular flexibility index (Phi) is 6.48. The number of nitrogens with one attached hydrogen (secondary N) is 1. The molecule has 1 aliphatic rings. The summed E-state index contributed by atoms with van der Waals surface area (Å²) in [5.41, 5.74) is 1.46. The van der Waals surface area contributed by atoms with Crippen molar-refractivity contribution in [1.29, 1.82) is 0 Å². The third kappa shape index (κ3) is 5.13. The second-order valence-corrected chi connectivity index (χ2v) is 8.99. The largest absolute Gasteiger partial charge is 0.492 e. The van der Waals surface area contributed by atoms with Gasteiger partial charge >= 0.3 is 0 Å². The van der Waals surface area contributed by atoms with E-state index in [0.717, 1.165) is 49.6 Å².